The SMILES string of the molecule is CON=C(c1nc2c(OC)cccc2s1)[C@H]1CC[C@H](N(Cc2ccc3c(n2)SC(=O)CN3)C(=O)OC(C)(C)C)CC1. The van der Waals surface area contributed by atoms with E-state index in [2.05, 4.69) is 10.5 Å². The van der Waals surface area contributed by atoms with Crippen LogP contribution >= 0.6 is 23.1 Å². The minimum absolute atomic E-state index is 0.0181. The van der Waals surface area contributed by atoms with Gasteiger partial charge in [0.2, 0.25) is 5.12 Å². The van der Waals surface area contributed by atoms with E-state index < -0.39 is 5.60 Å². The number of pyridine rings is 1. The average molecular weight is 598 g/mol. The fraction of sp³-hybridized carbons (Fsp3) is 0.483. The number of fused-ring (bicyclic) bond motifs is 2. The highest BCUT2D eigenvalue weighted by Crippen LogP contribution is 2.36. The summed E-state index contributed by atoms with van der Waals surface area (Å²) in [5.41, 5.74) is 2.56. The van der Waals surface area contributed by atoms with Gasteiger partial charge in [-0.3, -0.25) is 9.69 Å². The van der Waals surface area contributed by atoms with Crippen LogP contribution in [0.15, 0.2) is 40.5 Å². The minimum Gasteiger partial charge on any atom is -0.494 e. The molecule has 218 valence electrons. The molecule has 3 aromatic rings. The van der Waals surface area contributed by atoms with Crippen molar-refractivity contribution in [2.45, 2.75) is 69.7 Å². The molecule has 1 N–H and O–H groups in total. The molecule has 1 saturated carbocycles. The summed E-state index contributed by atoms with van der Waals surface area (Å²) in [6.45, 7) is 6.18. The van der Waals surface area contributed by atoms with E-state index in [9.17, 15) is 9.59 Å². The Morgan fingerprint density at radius 3 is 2.61 bits per heavy atom. The van der Waals surface area contributed by atoms with Crippen molar-refractivity contribution in [3.63, 3.8) is 0 Å². The molecule has 0 spiro atoms. The highest BCUT2D eigenvalue weighted by Gasteiger charge is 2.35. The van der Waals surface area contributed by atoms with E-state index >= 15 is 0 Å². The van der Waals surface area contributed by atoms with Crippen LogP contribution in [-0.2, 0) is 20.9 Å². The van der Waals surface area contributed by atoms with Gasteiger partial charge in [0.15, 0.2) is 0 Å². The van der Waals surface area contributed by atoms with Crippen molar-refractivity contribution in [3.05, 3.63) is 41.0 Å². The maximum absolute atomic E-state index is 13.4. The zero-order valence-corrected chi connectivity index (χ0v) is 25.6. The molecule has 0 saturated heterocycles. The van der Waals surface area contributed by atoms with Crippen LogP contribution in [-0.4, -0.2) is 64.2 Å². The number of para-hydroxylation sites is 1. The van der Waals surface area contributed by atoms with Crippen LogP contribution in [0.2, 0.25) is 0 Å². The van der Waals surface area contributed by atoms with Gasteiger partial charge in [-0.1, -0.05) is 11.2 Å². The van der Waals surface area contributed by atoms with E-state index in [1.807, 2.05) is 51.1 Å². The number of benzene rings is 1. The Kier molecular flexibility index (Phi) is 8.69. The predicted molar refractivity (Wildman–Crippen MR) is 161 cm³/mol. The van der Waals surface area contributed by atoms with Gasteiger partial charge in [-0.15, -0.1) is 11.3 Å². The molecular formula is C29H35N5O5S2. The Bertz CT molecular complexity index is 1460. The van der Waals surface area contributed by atoms with Gasteiger partial charge in [0, 0.05) is 12.0 Å². The molecule has 0 bridgehead atoms. The van der Waals surface area contributed by atoms with Gasteiger partial charge in [-0.2, -0.15) is 0 Å². The van der Waals surface area contributed by atoms with Crippen molar-refractivity contribution in [1.82, 2.24) is 14.9 Å². The van der Waals surface area contributed by atoms with E-state index in [1.165, 1.54) is 0 Å². The van der Waals surface area contributed by atoms with Crippen molar-refractivity contribution in [1.29, 1.82) is 0 Å². The summed E-state index contributed by atoms with van der Waals surface area (Å²) in [4.78, 5) is 42.0. The highest BCUT2D eigenvalue weighted by molar-refractivity contribution is 8.13. The molecule has 2 aliphatic rings. The molecule has 0 atom stereocenters. The van der Waals surface area contributed by atoms with Crippen LogP contribution in [0.5, 0.6) is 5.75 Å². The lowest BCUT2D eigenvalue weighted by Crippen LogP contribution is -2.45. The van der Waals surface area contributed by atoms with Crippen LogP contribution < -0.4 is 10.1 Å². The number of nitrogens with zero attached hydrogens (tertiary/aromatic N) is 4. The first-order valence-corrected chi connectivity index (χ1v) is 15.3. The smallest absolute Gasteiger partial charge is 0.410 e. The molecule has 3 heterocycles. The lowest BCUT2D eigenvalue weighted by Gasteiger charge is -2.37. The fourth-order valence-electron chi connectivity index (χ4n) is 5.17. The number of oxime groups is 1. The van der Waals surface area contributed by atoms with Gasteiger partial charge in [0.25, 0.3) is 0 Å². The molecule has 1 aliphatic carbocycles. The fourth-order valence-corrected chi connectivity index (χ4v) is 6.99. The number of methoxy groups -OCH3 is 1. The number of aromatic nitrogens is 2. The number of carbonyl (C=O) groups is 2. The third-order valence-electron chi connectivity index (χ3n) is 7.05. The summed E-state index contributed by atoms with van der Waals surface area (Å²) in [6.07, 6.45) is 2.78. The van der Waals surface area contributed by atoms with Crippen molar-refractivity contribution < 1.29 is 23.9 Å². The zero-order chi connectivity index (χ0) is 29.1. The average Bonchev–Trinajstić information content (AvgIpc) is 3.38. The number of anilines is 1. The zero-order valence-electron chi connectivity index (χ0n) is 23.9. The highest BCUT2D eigenvalue weighted by atomic mass is 32.2. The van der Waals surface area contributed by atoms with E-state index in [0.717, 1.165) is 69.8 Å². The molecule has 1 amide bonds. The molecule has 2 aromatic heterocycles. The Hall–Kier alpha value is -3.38. The van der Waals surface area contributed by atoms with Gasteiger partial charge >= 0.3 is 6.09 Å². The van der Waals surface area contributed by atoms with E-state index in [1.54, 1.807) is 30.5 Å². The molecule has 0 unspecified atom stereocenters. The molecule has 0 radical (unpaired) electrons. The molecular weight excluding hydrogens is 562 g/mol. The molecule has 12 heteroatoms. The summed E-state index contributed by atoms with van der Waals surface area (Å²) in [6, 6.07) is 9.66. The Labute approximate surface area is 247 Å². The van der Waals surface area contributed by atoms with Gasteiger partial charge in [-0.05, 0) is 82.5 Å². The van der Waals surface area contributed by atoms with Crippen molar-refractivity contribution in [2.24, 2.45) is 11.1 Å². The summed E-state index contributed by atoms with van der Waals surface area (Å²) >= 11 is 2.71. The monoisotopic (exact) mass is 597 g/mol. The molecule has 1 aliphatic heterocycles. The van der Waals surface area contributed by atoms with Gasteiger partial charge < -0.3 is 19.6 Å². The molecule has 1 fully saturated rings. The lowest BCUT2D eigenvalue weighted by molar-refractivity contribution is -0.109. The quantitative estimate of drug-likeness (QED) is 0.255. The van der Waals surface area contributed by atoms with Crippen LogP contribution in [0, 0.1) is 5.92 Å². The lowest BCUT2D eigenvalue weighted by atomic mass is 9.82. The standard InChI is InChI=1S/C29H35N5O5S2/c1-29(2,3)39-28(36)34(16-18-11-14-20-26(31-18)41-23(35)15-30-20)19-12-9-17(10-13-19)24(33-38-5)27-32-25-21(37-4)7-6-8-22(25)40-27/h6-8,11,14,17,19,30H,9-10,12-13,15-16H2,1-5H3/t17-,19-. The number of hydrogen-bond donors (Lipinski definition) is 1. The first-order chi connectivity index (χ1) is 19.6. The second-order valence-corrected chi connectivity index (χ2v) is 13.2. The number of ether oxygens (including phenoxy) is 2. The summed E-state index contributed by atoms with van der Waals surface area (Å²) in [5, 5.41) is 8.98. The van der Waals surface area contributed by atoms with Crippen molar-refractivity contribution in [2.75, 3.05) is 26.1 Å². The van der Waals surface area contributed by atoms with Gasteiger partial charge in [-0.25, -0.2) is 14.8 Å². The number of carbonyl (C=O) groups excluding carboxylic acids is 2. The molecule has 1 aromatic carbocycles. The number of rotatable bonds is 7. The number of hydrogen-bond acceptors (Lipinski definition) is 11. The van der Waals surface area contributed by atoms with Gasteiger partial charge in [0.1, 0.15) is 39.7 Å². The first-order valence-electron chi connectivity index (χ1n) is 13.6. The molecule has 41 heavy (non-hydrogen) atoms. The maximum atomic E-state index is 13.4. The van der Waals surface area contributed by atoms with Crippen molar-refractivity contribution >= 4 is 55.9 Å². The summed E-state index contributed by atoms with van der Waals surface area (Å²) in [5.74, 6) is 0.862. The van der Waals surface area contributed by atoms with E-state index in [0.29, 0.717) is 17.3 Å². The summed E-state index contributed by atoms with van der Waals surface area (Å²) < 4.78 is 12.3. The minimum atomic E-state index is -0.631. The molecule has 5 rings (SSSR count). The predicted octanol–water partition coefficient (Wildman–Crippen LogP) is 6.09. The third kappa shape index (κ3) is 6.75. The number of amides is 1. The number of thioether (sulfide) groups is 1. The van der Waals surface area contributed by atoms with Crippen LogP contribution in [0.25, 0.3) is 10.2 Å². The van der Waals surface area contributed by atoms with E-state index in [4.69, 9.17) is 24.3 Å². The number of thiazole rings is 1. The first kappa shape index (κ1) is 29.1. The maximum Gasteiger partial charge on any atom is 0.410 e. The Morgan fingerprint density at radius 2 is 1.90 bits per heavy atom. The van der Waals surface area contributed by atoms with E-state index in [-0.39, 0.29) is 29.7 Å². The van der Waals surface area contributed by atoms with Crippen LogP contribution in [0.3, 0.4) is 0 Å². The Morgan fingerprint density at radius 1 is 1.12 bits per heavy atom. The van der Waals surface area contributed by atoms with Gasteiger partial charge in [0.05, 0.1) is 36.3 Å². The third-order valence-corrected chi connectivity index (χ3v) is 8.97. The largest absolute Gasteiger partial charge is 0.494 e. The topological polar surface area (TPSA) is 115 Å². The molecule has 10 nitrogen and oxygen atoms in total. The Balaban J connectivity index is 1.35. The second-order valence-electron chi connectivity index (χ2n) is 11.1. The second kappa shape index (κ2) is 12.2. The van der Waals surface area contributed by atoms with Crippen LogP contribution in [0.1, 0.15) is 57.2 Å². The summed E-state index contributed by atoms with van der Waals surface area (Å²) in [7, 11) is 3.20. The number of nitrogens with one attached hydrogen (secondary N) is 1. The van der Waals surface area contributed by atoms with Crippen molar-refractivity contribution in [3.8, 4) is 5.75 Å². The normalized spacial score (nSPS) is 19.3. The van der Waals surface area contributed by atoms with Crippen LogP contribution in [0.4, 0.5) is 10.5 Å².